The Hall–Kier alpha value is -1.42. The molecule has 0 fully saturated rings. The maximum atomic E-state index is 5.01. The largest absolute Gasteiger partial charge is 0.383 e. The zero-order chi connectivity index (χ0) is 14.9. The smallest absolute Gasteiger partial charge is 0.0587 e. The van der Waals surface area contributed by atoms with Gasteiger partial charge in [0.05, 0.1) is 6.61 Å². The second-order valence-corrected chi connectivity index (χ2v) is 5.48. The topological polar surface area (TPSA) is 24.5 Å². The van der Waals surface area contributed by atoms with E-state index in [0.29, 0.717) is 0 Å². The third kappa shape index (κ3) is 5.46. The molecule has 0 spiro atoms. The SMILES string of the molecule is COCCNCCN(C)CCc1ccc2ccccc2c1. The minimum absolute atomic E-state index is 0.779. The first-order valence-electron chi connectivity index (χ1n) is 7.65. The van der Waals surface area contributed by atoms with Gasteiger partial charge in [0.1, 0.15) is 0 Å². The highest BCUT2D eigenvalue weighted by atomic mass is 16.5. The summed E-state index contributed by atoms with van der Waals surface area (Å²) in [4.78, 5) is 2.37. The van der Waals surface area contributed by atoms with E-state index in [0.717, 1.165) is 39.2 Å². The summed E-state index contributed by atoms with van der Waals surface area (Å²) in [5.41, 5.74) is 1.41. The van der Waals surface area contributed by atoms with Gasteiger partial charge in [-0.1, -0.05) is 42.5 Å². The number of methoxy groups -OCH3 is 1. The molecule has 114 valence electrons. The van der Waals surface area contributed by atoms with Crippen molar-refractivity contribution in [2.45, 2.75) is 6.42 Å². The molecule has 2 rings (SSSR count). The Balaban J connectivity index is 1.73. The molecule has 0 atom stereocenters. The molecular formula is C18H26N2O. The molecule has 0 saturated heterocycles. The van der Waals surface area contributed by atoms with E-state index in [1.165, 1.54) is 16.3 Å². The van der Waals surface area contributed by atoms with E-state index in [1.807, 2.05) is 0 Å². The summed E-state index contributed by atoms with van der Waals surface area (Å²) in [6.45, 7) is 4.87. The first-order chi connectivity index (χ1) is 10.3. The number of fused-ring (bicyclic) bond motifs is 1. The summed E-state index contributed by atoms with van der Waals surface area (Å²) >= 11 is 0. The lowest BCUT2D eigenvalue weighted by molar-refractivity contribution is 0.198. The van der Waals surface area contributed by atoms with Gasteiger partial charge in [-0.25, -0.2) is 0 Å². The number of hydrogen-bond donors (Lipinski definition) is 1. The fraction of sp³-hybridized carbons (Fsp3) is 0.444. The van der Waals surface area contributed by atoms with Crippen LogP contribution < -0.4 is 5.32 Å². The van der Waals surface area contributed by atoms with Crippen LogP contribution in [-0.4, -0.2) is 51.8 Å². The van der Waals surface area contributed by atoms with Crippen LogP contribution in [0.1, 0.15) is 5.56 Å². The molecule has 0 saturated carbocycles. The second-order valence-electron chi connectivity index (χ2n) is 5.48. The van der Waals surface area contributed by atoms with Crippen LogP contribution in [0.25, 0.3) is 10.8 Å². The van der Waals surface area contributed by atoms with Gasteiger partial charge >= 0.3 is 0 Å². The Labute approximate surface area is 127 Å². The van der Waals surface area contributed by atoms with Crippen molar-refractivity contribution in [1.82, 2.24) is 10.2 Å². The zero-order valence-electron chi connectivity index (χ0n) is 13.1. The molecular weight excluding hydrogens is 260 g/mol. The number of ether oxygens (including phenoxy) is 1. The minimum atomic E-state index is 0.779. The molecule has 2 aromatic carbocycles. The van der Waals surface area contributed by atoms with Crippen molar-refractivity contribution in [3.8, 4) is 0 Å². The summed E-state index contributed by atoms with van der Waals surface area (Å²) in [7, 11) is 3.91. The maximum Gasteiger partial charge on any atom is 0.0587 e. The first kappa shape index (κ1) is 16.0. The Bertz CT molecular complexity index is 541. The average molecular weight is 286 g/mol. The van der Waals surface area contributed by atoms with Crippen LogP contribution in [0.4, 0.5) is 0 Å². The van der Waals surface area contributed by atoms with E-state index in [4.69, 9.17) is 4.74 Å². The molecule has 3 nitrogen and oxygen atoms in total. The molecule has 0 heterocycles. The molecule has 0 aliphatic heterocycles. The highest BCUT2D eigenvalue weighted by Gasteiger charge is 2.00. The van der Waals surface area contributed by atoms with E-state index < -0.39 is 0 Å². The monoisotopic (exact) mass is 286 g/mol. The Morgan fingerprint density at radius 3 is 2.62 bits per heavy atom. The number of hydrogen-bond acceptors (Lipinski definition) is 3. The van der Waals surface area contributed by atoms with Crippen LogP contribution in [0.2, 0.25) is 0 Å². The molecule has 0 aliphatic carbocycles. The summed E-state index contributed by atoms with van der Waals surface area (Å²) < 4.78 is 5.01. The highest BCUT2D eigenvalue weighted by molar-refractivity contribution is 5.82. The lowest BCUT2D eigenvalue weighted by Crippen LogP contribution is -2.32. The predicted octanol–water partition coefficient (Wildman–Crippen LogP) is 2.55. The van der Waals surface area contributed by atoms with Gasteiger partial charge in [-0.15, -0.1) is 0 Å². The number of rotatable bonds is 9. The molecule has 0 amide bonds. The molecule has 1 N–H and O–H groups in total. The Morgan fingerprint density at radius 2 is 1.81 bits per heavy atom. The van der Waals surface area contributed by atoms with Crippen LogP contribution in [0.3, 0.4) is 0 Å². The zero-order valence-corrected chi connectivity index (χ0v) is 13.1. The third-order valence-electron chi connectivity index (χ3n) is 3.75. The summed E-state index contributed by atoms with van der Waals surface area (Å²) in [5.74, 6) is 0. The van der Waals surface area contributed by atoms with Gasteiger partial charge in [0.15, 0.2) is 0 Å². The normalized spacial score (nSPS) is 11.4. The molecule has 3 heteroatoms. The van der Waals surface area contributed by atoms with Gasteiger partial charge in [-0.3, -0.25) is 0 Å². The standard InChI is InChI=1S/C18H26N2O/c1-20(13-10-19-11-14-21-2)12-9-16-7-8-17-5-3-4-6-18(17)15-16/h3-8,15,19H,9-14H2,1-2H3. The van der Waals surface area contributed by atoms with Gasteiger partial charge in [0.25, 0.3) is 0 Å². The fourth-order valence-electron chi connectivity index (χ4n) is 2.40. The summed E-state index contributed by atoms with van der Waals surface area (Å²) in [6, 6.07) is 15.3. The summed E-state index contributed by atoms with van der Waals surface area (Å²) in [6.07, 6.45) is 1.10. The Morgan fingerprint density at radius 1 is 1.00 bits per heavy atom. The second kappa shape index (κ2) is 8.78. The van der Waals surface area contributed by atoms with E-state index in [1.54, 1.807) is 7.11 Å². The lowest BCUT2D eigenvalue weighted by atomic mass is 10.1. The van der Waals surface area contributed by atoms with Crippen molar-refractivity contribution in [2.75, 3.05) is 46.9 Å². The maximum absolute atomic E-state index is 5.01. The molecule has 0 aliphatic rings. The van der Waals surface area contributed by atoms with Crippen molar-refractivity contribution in [1.29, 1.82) is 0 Å². The van der Waals surface area contributed by atoms with E-state index in [2.05, 4.69) is 59.7 Å². The van der Waals surface area contributed by atoms with E-state index >= 15 is 0 Å². The van der Waals surface area contributed by atoms with Crippen molar-refractivity contribution < 1.29 is 4.74 Å². The van der Waals surface area contributed by atoms with Crippen molar-refractivity contribution in [3.05, 3.63) is 48.0 Å². The quantitative estimate of drug-likeness (QED) is 0.717. The van der Waals surface area contributed by atoms with Crippen LogP contribution in [-0.2, 0) is 11.2 Å². The van der Waals surface area contributed by atoms with Gasteiger partial charge in [0.2, 0.25) is 0 Å². The van der Waals surface area contributed by atoms with E-state index in [9.17, 15) is 0 Å². The number of likely N-dealkylation sites (N-methyl/N-ethyl adjacent to an activating group) is 1. The molecule has 21 heavy (non-hydrogen) atoms. The van der Waals surface area contributed by atoms with Crippen LogP contribution in [0.15, 0.2) is 42.5 Å². The van der Waals surface area contributed by atoms with Gasteiger partial charge in [0, 0.05) is 33.3 Å². The lowest BCUT2D eigenvalue weighted by Gasteiger charge is -2.17. The van der Waals surface area contributed by atoms with E-state index in [-0.39, 0.29) is 0 Å². The summed E-state index contributed by atoms with van der Waals surface area (Å²) in [5, 5.41) is 6.02. The minimum Gasteiger partial charge on any atom is -0.383 e. The van der Waals surface area contributed by atoms with Gasteiger partial charge in [-0.05, 0) is 29.8 Å². The van der Waals surface area contributed by atoms with Crippen LogP contribution in [0, 0.1) is 0 Å². The molecule has 0 aromatic heterocycles. The van der Waals surface area contributed by atoms with Crippen molar-refractivity contribution in [2.24, 2.45) is 0 Å². The third-order valence-corrected chi connectivity index (χ3v) is 3.75. The fourth-order valence-corrected chi connectivity index (χ4v) is 2.40. The van der Waals surface area contributed by atoms with Crippen molar-refractivity contribution in [3.63, 3.8) is 0 Å². The number of nitrogens with one attached hydrogen (secondary N) is 1. The molecule has 0 bridgehead atoms. The molecule has 0 unspecified atom stereocenters. The number of nitrogens with zero attached hydrogens (tertiary/aromatic N) is 1. The number of benzene rings is 2. The average Bonchev–Trinajstić information content (AvgIpc) is 2.52. The molecule has 2 aromatic rings. The predicted molar refractivity (Wildman–Crippen MR) is 89.9 cm³/mol. The molecule has 0 radical (unpaired) electrons. The van der Waals surface area contributed by atoms with Crippen LogP contribution >= 0.6 is 0 Å². The van der Waals surface area contributed by atoms with Gasteiger partial charge < -0.3 is 15.0 Å². The van der Waals surface area contributed by atoms with Gasteiger partial charge in [-0.2, -0.15) is 0 Å². The Kier molecular flexibility index (Phi) is 6.67. The van der Waals surface area contributed by atoms with Crippen molar-refractivity contribution >= 4 is 10.8 Å². The first-order valence-corrected chi connectivity index (χ1v) is 7.65. The van der Waals surface area contributed by atoms with Crippen LogP contribution in [0.5, 0.6) is 0 Å². The highest BCUT2D eigenvalue weighted by Crippen LogP contribution is 2.15.